The molecule has 0 unspecified atom stereocenters. The summed E-state index contributed by atoms with van der Waals surface area (Å²) >= 11 is 0. The van der Waals surface area contributed by atoms with Crippen LogP contribution in [0, 0.1) is 5.92 Å². The summed E-state index contributed by atoms with van der Waals surface area (Å²) in [5, 5.41) is 0. The van der Waals surface area contributed by atoms with Gasteiger partial charge in [-0.25, -0.2) is 8.42 Å². The van der Waals surface area contributed by atoms with Gasteiger partial charge in [-0.2, -0.15) is 0 Å². The van der Waals surface area contributed by atoms with Crippen LogP contribution in [0.5, 0.6) is 11.5 Å². The van der Waals surface area contributed by atoms with Crippen molar-refractivity contribution in [2.75, 3.05) is 17.6 Å². The summed E-state index contributed by atoms with van der Waals surface area (Å²) in [7, 11) is -3.36. The third-order valence-corrected chi connectivity index (χ3v) is 6.66. The lowest BCUT2D eigenvalue weighted by molar-refractivity contribution is 0.287. The molecule has 1 aliphatic carbocycles. The molecule has 1 heterocycles. The van der Waals surface area contributed by atoms with E-state index in [1.165, 1.54) is 12.8 Å². The maximum Gasteiger partial charge on any atom is 0.229 e. The van der Waals surface area contributed by atoms with E-state index >= 15 is 0 Å². The molecule has 3 aromatic rings. The summed E-state index contributed by atoms with van der Waals surface area (Å²) in [4.78, 5) is 0. The average Bonchev–Trinajstić information content (AvgIpc) is 3.62. The van der Waals surface area contributed by atoms with E-state index in [4.69, 9.17) is 9.47 Å². The molecule has 170 valence electrons. The number of sulfonamides is 1. The lowest BCUT2D eigenvalue weighted by Crippen LogP contribution is -2.09. The molecule has 0 radical (unpaired) electrons. The summed E-state index contributed by atoms with van der Waals surface area (Å²) < 4.78 is 38.3. The molecule has 1 N–H and O–H groups in total. The molecule has 5 rings (SSSR count). The van der Waals surface area contributed by atoms with Crippen molar-refractivity contribution < 1.29 is 17.9 Å². The van der Waals surface area contributed by atoms with Gasteiger partial charge in [0.1, 0.15) is 18.1 Å². The molecule has 0 spiro atoms. The number of hydrogen-bond donors (Lipinski definition) is 1. The monoisotopic (exact) mass is 461 g/mol. The van der Waals surface area contributed by atoms with Crippen molar-refractivity contribution in [3.63, 3.8) is 0 Å². The first-order valence-electron chi connectivity index (χ1n) is 11.1. The summed E-state index contributed by atoms with van der Waals surface area (Å²) in [5.41, 5.74) is 6.81. The number of fused-ring (bicyclic) bond motifs is 2. The van der Waals surface area contributed by atoms with E-state index in [1.807, 2.05) is 42.5 Å². The highest BCUT2D eigenvalue weighted by molar-refractivity contribution is 7.92. The minimum atomic E-state index is -3.36. The van der Waals surface area contributed by atoms with Crippen LogP contribution in [0.2, 0.25) is 0 Å². The van der Waals surface area contributed by atoms with Crippen molar-refractivity contribution in [3.8, 4) is 11.5 Å². The SMILES string of the molecule is C/C(=C1\c2ccccc2COc2cc(OCC3CC3)ccc21)c1cccc(NS(C)(=O)=O)c1. The fraction of sp³-hybridized carbons (Fsp3) is 0.259. The lowest BCUT2D eigenvalue weighted by atomic mass is 9.88. The number of rotatable bonds is 6. The summed E-state index contributed by atoms with van der Waals surface area (Å²) in [6.07, 6.45) is 3.65. The van der Waals surface area contributed by atoms with Crippen molar-refractivity contribution in [2.24, 2.45) is 5.92 Å². The van der Waals surface area contributed by atoms with Gasteiger partial charge >= 0.3 is 0 Å². The quantitative estimate of drug-likeness (QED) is 0.510. The molecule has 0 bridgehead atoms. The number of hydrogen-bond acceptors (Lipinski definition) is 4. The third-order valence-electron chi connectivity index (χ3n) is 6.05. The van der Waals surface area contributed by atoms with Gasteiger partial charge in [0.15, 0.2) is 0 Å². The fourth-order valence-electron chi connectivity index (χ4n) is 4.19. The lowest BCUT2D eigenvalue weighted by Gasteiger charge is -2.17. The molecule has 2 aliphatic rings. The summed E-state index contributed by atoms with van der Waals surface area (Å²) in [5.74, 6) is 2.29. The topological polar surface area (TPSA) is 64.6 Å². The van der Waals surface area contributed by atoms with Crippen molar-refractivity contribution >= 4 is 26.9 Å². The Morgan fingerprint density at radius 3 is 2.64 bits per heavy atom. The Balaban J connectivity index is 1.62. The first kappa shape index (κ1) is 21.6. The van der Waals surface area contributed by atoms with Crippen molar-refractivity contribution in [1.29, 1.82) is 0 Å². The normalized spacial score (nSPS) is 16.7. The van der Waals surface area contributed by atoms with Crippen LogP contribution in [0.25, 0.3) is 11.1 Å². The first-order chi connectivity index (χ1) is 15.9. The van der Waals surface area contributed by atoms with E-state index in [9.17, 15) is 8.42 Å². The maximum absolute atomic E-state index is 11.7. The van der Waals surface area contributed by atoms with E-state index in [1.54, 1.807) is 6.07 Å². The number of benzene rings is 3. The third kappa shape index (κ3) is 4.91. The van der Waals surface area contributed by atoms with Crippen molar-refractivity contribution in [2.45, 2.75) is 26.4 Å². The smallest absolute Gasteiger partial charge is 0.229 e. The second kappa shape index (κ2) is 8.60. The van der Waals surface area contributed by atoms with Gasteiger partial charge in [0, 0.05) is 17.3 Å². The van der Waals surface area contributed by atoms with Gasteiger partial charge in [-0.15, -0.1) is 0 Å². The Bertz CT molecular complexity index is 1340. The van der Waals surface area contributed by atoms with Gasteiger partial charge in [-0.05, 0) is 77.8 Å². The van der Waals surface area contributed by atoms with Crippen LogP contribution in [0.15, 0.2) is 66.7 Å². The fourth-order valence-corrected chi connectivity index (χ4v) is 4.74. The van der Waals surface area contributed by atoms with Crippen LogP contribution in [0.3, 0.4) is 0 Å². The molecular weight excluding hydrogens is 434 g/mol. The van der Waals surface area contributed by atoms with Crippen LogP contribution in [0.1, 0.15) is 42.0 Å². The molecule has 1 fully saturated rings. The molecular formula is C27H27NO4S. The Kier molecular flexibility index (Phi) is 5.62. The minimum absolute atomic E-state index is 0.474. The van der Waals surface area contributed by atoms with Gasteiger partial charge in [-0.1, -0.05) is 36.4 Å². The zero-order valence-electron chi connectivity index (χ0n) is 18.8. The van der Waals surface area contributed by atoms with Gasteiger partial charge in [0.2, 0.25) is 10.0 Å². The second-order valence-electron chi connectivity index (χ2n) is 8.81. The highest BCUT2D eigenvalue weighted by Gasteiger charge is 2.24. The molecule has 1 saturated carbocycles. The van der Waals surface area contributed by atoms with Crippen molar-refractivity contribution in [1.82, 2.24) is 0 Å². The maximum atomic E-state index is 11.7. The number of nitrogens with one attached hydrogen (secondary N) is 1. The van der Waals surface area contributed by atoms with Crippen LogP contribution in [-0.2, 0) is 16.6 Å². The van der Waals surface area contributed by atoms with E-state index in [0.717, 1.165) is 57.8 Å². The Labute approximate surface area is 195 Å². The van der Waals surface area contributed by atoms with E-state index < -0.39 is 10.0 Å². The van der Waals surface area contributed by atoms with Gasteiger partial charge in [-0.3, -0.25) is 4.72 Å². The van der Waals surface area contributed by atoms with Crippen LogP contribution in [-0.4, -0.2) is 21.3 Å². The number of ether oxygens (including phenoxy) is 2. The highest BCUT2D eigenvalue weighted by atomic mass is 32.2. The Morgan fingerprint density at radius 1 is 1.03 bits per heavy atom. The number of anilines is 1. The van der Waals surface area contributed by atoms with Gasteiger partial charge < -0.3 is 9.47 Å². The molecule has 0 atom stereocenters. The largest absolute Gasteiger partial charge is 0.493 e. The van der Waals surface area contributed by atoms with E-state index in [2.05, 4.69) is 29.8 Å². The number of allylic oxidation sites excluding steroid dienone is 1. The van der Waals surface area contributed by atoms with Crippen LogP contribution in [0.4, 0.5) is 5.69 Å². The Hall–Kier alpha value is -3.25. The standard InChI is InChI=1S/C27H27NO4S/c1-18(20-7-5-8-22(14-20)28-33(2,29)30)27-24-9-4-3-6-21(24)17-32-26-15-23(12-13-25(26)27)31-16-19-10-11-19/h3-9,12-15,19,28H,10-11,16-17H2,1-2H3/b27-18-. The first-order valence-corrected chi connectivity index (χ1v) is 13.0. The van der Waals surface area contributed by atoms with Gasteiger partial charge in [0.25, 0.3) is 0 Å². The van der Waals surface area contributed by atoms with Crippen LogP contribution >= 0.6 is 0 Å². The molecule has 5 nitrogen and oxygen atoms in total. The molecule has 6 heteroatoms. The molecule has 33 heavy (non-hydrogen) atoms. The van der Waals surface area contributed by atoms with E-state index in [-0.39, 0.29) is 0 Å². The Morgan fingerprint density at radius 2 is 1.85 bits per heavy atom. The molecule has 0 amide bonds. The predicted molar refractivity (Wildman–Crippen MR) is 132 cm³/mol. The van der Waals surface area contributed by atoms with Gasteiger partial charge in [0.05, 0.1) is 12.9 Å². The highest BCUT2D eigenvalue weighted by Crippen LogP contribution is 2.43. The van der Waals surface area contributed by atoms with Crippen molar-refractivity contribution in [3.05, 3.63) is 89.0 Å². The summed E-state index contributed by atoms with van der Waals surface area (Å²) in [6.45, 7) is 3.29. The molecule has 0 aromatic heterocycles. The summed E-state index contributed by atoms with van der Waals surface area (Å²) in [6, 6.07) is 21.8. The molecule has 1 aliphatic heterocycles. The second-order valence-corrected chi connectivity index (χ2v) is 10.6. The zero-order chi connectivity index (χ0) is 23.0. The predicted octanol–water partition coefficient (Wildman–Crippen LogP) is 5.72. The van der Waals surface area contributed by atoms with Crippen LogP contribution < -0.4 is 14.2 Å². The zero-order valence-corrected chi connectivity index (χ0v) is 19.6. The van der Waals surface area contributed by atoms with E-state index in [0.29, 0.717) is 18.2 Å². The molecule has 0 saturated heterocycles. The molecule has 3 aromatic carbocycles. The average molecular weight is 462 g/mol. The minimum Gasteiger partial charge on any atom is -0.493 e.